The van der Waals surface area contributed by atoms with Crippen LogP contribution < -0.4 is 5.73 Å². The first-order valence-electron chi connectivity index (χ1n) is 6.95. The summed E-state index contributed by atoms with van der Waals surface area (Å²) in [6, 6.07) is -0.184. The maximum Gasteiger partial charge on any atom is 0.328 e. The Morgan fingerprint density at radius 2 is 1.85 bits per heavy atom. The number of benzene rings is 1. The van der Waals surface area contributed by atoms with E-state index >= 15 is 0 Å². The molecule has 0 aliphatic carbocycles. The molecule has 1 atom stereocenters. The molecule has 27 heavy (non-hydrogen) atoms. The third-order valence-electron chi connectivity index (χ3n) is 3.59. The number of carbonyl (C=O) groups excluding carboxylic acids is 1. The van der Waals surface area contributed by atoms with Gasteiger partial charge in [-0.1, -0.05) is 0 Å². The van der Waals surface area contributed by atoms with Crippen molar-refractivity contribution in [3.05, 3.63) is 47.5 Å². The molecule has 4 N–H and O–H groups in total. The number of carbonyl (C=O) groups is 2. The molecule has 0 saturated heterocycles. The van der Waals surface area contributed by atoms with Gasteiger partial charge in [0.05, 0.1) is 5.69 Å². The van der Waals surface area contributed by atoms with Crippen LogP contribution in [0.5, 0.6) is 5.75 Å². The SMILES string of the molecule is Cl.NC(C(=O)O)C(=O)c1c(O)cc(-c2cc(F)cc(F)c2F)n2ncnc12. The van der Waals surface area contributed by atoms with Crippen molar-refractivity contribution < 1.29 is 33.0 Å². The minimum absolute atomic E-state index is 0. The molecule has 2 heterocycles. The van der Waals surface area contributed by atoms with E-state index in [0.29, 0.717) is 12.1 Å². The Morgan fingerprint density at radius 1 is 1.19 bits per heavy atom. The number of hydrogen-bond acceptors (Lipinski definition) is 6. The van der Waals surface area contributed by atoms with E-state index < -0.39 is 52.1 Å². The van der Waals surface area contributed by atoms with Gasteiger partial charge >= 0.3 is 5.97 Å². The molecule has 1 aromatic carbocycles. The monoisotopic (exact) mass is 402 g/mol. The van der Waals surface area contributed by atoms with Gasteiger partial charge in [-0.2, -0.15) is 5.10 Å². The van der Waals surface area contributed by atoms with Crippen LogP contribution in [0, 0.1) is 17.5 Å². The van der Waals surface area contributed by atoms with Crippen LogP contribution in [0.1, 0.15) is 10.4 Å². The average Bonchev–Trinajstić information content (AvgIpc) is 3.05. The zero-order chi connectivity index (χ0) is 19.2. The van der Waals surface area contributed by atoms with Gasteiger partial charge in [0.25, 0.3) is 0 Å². The average molecular weight is 403 g/mol. The van der Waals surface area contributed by atoms with Crippen molar-refractivity contribution in [2.24, 2.45) is 5.73 Å². The molecule has 2 aromatic heterocycles. The number of pyridine rings is 1. The number of carboxylic acid groups (broad SMARTS) is 1. The lowest BCUT2D eigenvalue weighted by atomic mass is 10.0. The van der Waals surface area contributed by atoms with Crippen LogP contribution in [0.4, 0.5) is 13.2 Å². The summed E-state index contributed by atoms with van der Waals surface area (Å²) in [6.45, 7) is 0. The Labute approximate surface area is 154 Å². The highest BCUT2D eigenvalue weighted by atomic mass is 35.5. The first-order chi connectivity index (χ1) is 12.2. The quantitative estimate of drug-likeness (QED) is 0.342. The van der Waals surface area contributed by atoms with Gasteiger partial charge in [0, 0.05) is 17.7 Å². The van der Waals surface area contributed by atoms with Crippen LogP contribution >= 0.6 is 12.4 Å². The lowest BCUT2D eigenvalue weighted by Gasteiger charge is -2.12. The normalized spacial score (nSPS) is 11.9. The minimum atomic E-state index is -1.99. The fourth-order valence-corrected chi connectivity index (χ4v) is 2.40. The predicted octanol–water partition coefficient (Wildman–Crippen LogP) is 1.54. The third-order valence-corrected chi connectivity index (χ3v) is 3.59. The number of Topliss-reactive ketones (excluding diaryl/α,β-unsaturated/α-hetero) is 1. The highest BCUT2D eigenvalue weighted by Gasteiger charge is 2.30. The van der Waals surface area contributed by atoms with E-state index in [-0.39, 0.29) is 23.7 Å². The van der Waals surface area contributed by atoms with Gasteiger partial charge in [0.2, 0.25) is 0 Å². The van der Waals surface area contributed by atoms with Gasteiger partial charge in [-0.3, -0.25) is 9.59 Å². The molecule has 0 amide bonds. The number of nitrogens with two attached hydrogens (primary N) is 1. The van der Waals surface area contributed by atoms with Crippen LogP contribution in [0.3, 0.4) is 0 Å². The van der Waals surface area contributed by atoms with E-state index in [1.165, 1.54) is 0 Å². The number of hydrogen-bond donors (Lipinski definition) is 3. The highest BCUT2D eigenvalue weighted by molar-refractivity contribution is 6.15. The number of aromatic nitrogens is 3. The first kappa shape index (κ1) is 20.1. The Kier molecular flexibility index (Phi) is 5.38. The van der Waals surface area contributed by atoms with Crippen molar-refractivity contribution in [3.8, 4) is 17.0 Å². The van der Waals surface area contributed by atoms with Crippen molar-refractivity contribution in [2.75, 3.05) is 0 Å². The number of aromatic hydroxyl groups is 1. The largest absolute Gasteiger partial charge is 0.507 e. The molecule has 12 heteroatoms. The van der Waals surface area contributed by atoms with Crippen LogP contribution in [-0.4, -0.2) is 42.6 Å². The Hall–Kier alpha value is -3.18. The zero-order valence-corrected chi connectivity index (χ0v) is 13.9. The van der Waals surface area contributed by atoms with E-state index in [0.717, 1.165) is 16.9 Å². The summed E-state index contributed by atoms with van der Waals surface area (Å²) in [6.07, 6.45) is 0.925. The number of ketones is 1. The topological polar surface area (TPSA) is 131 Å². The fourth-order valence-electron chi connectivity index (χ4n) is 2.40. The standard InChI is InChI=1S/C15H9F3N4O4.ClH/c16-5-1-6(11(18)7(17)2-5)8-3-9(23)10(13(24)12(19)15(25)26)14-20-4-21-22(8)14;/h1-4,12,23H,19H2,(H,25,26);1H. The Bertz CT molecular complexity index is 1070. The first-order valence-corrected chi connectivity index (χ1v) is 6.95. The number of fused-ring (bicyclic) bond motifs is 1. The molecular weight excluding hydrogens is 393 g/mol. The number of rotatable bonds is 4. The second-order valence-electron chi connectivity index (χ2n) is 5.21. The minimum Gasteiger partial charge on any atom is -0.507 e. The molecule has 0 aliphatic heterocycles. The van der Waals surface area contributed by atoms with Gasteiger partial charge < -0.3 is 15.9 Å². The predicted molar refractivity (Wildman–Crippen MR) is 87.2 cm³/mol. The lowest BCUT2D eigenvalue weighted by molar-refractivity contribution is -0.137. The summed E-state index contributed by atoms with van der Waals surface area (Å²) in [5.74, 6) is -7.59. The second kappa shape index (κ2) is 7.21. The van der Waals surface area contributed by atoms with Gasteiger partial charge in [-0.15, -0.1) is 12.4 Å². The molecule has 0 spiro atoms. The number of halogens is 4. The van der Waals surface area contributed by atoms with E-state index in [2.05, 4.69) is 10.1 Å². The fraction of sp³-hybridized carbons (Fsp3) is 0.0667. The van der Waals surface area contributed by atoms with E-state index in [1.54, 1.807) is 0 Å². The highest BCUT2D eigenvalue weighted by Crippen LogP contribution is 2.32. The van der Waals surface area contributed by atoms with Crippen molar-refractivity contribution in [2.45, 2.75) is 6.04 Å². The van der Waals surface area contributed by atoms with Gasteiger partial charge in [-0.05, 0) is 6.07 Å². The van der Waals surface area contributed by atoms with E-state index in [9.17, 15) is 27.9 Å². The molecule has 1 unspecified atom stereocenters. The van der Waals surface area contributed by atoms with E-state index in [4.69, 9.17) is 10.8 Å². The van der Waals surface area contributed by atoms with Crippen molar-refractivity contribution >= 4 is 29.8 Å². The molecule has 0 radical (unpaired) electrons. The summed E-state index contributed by atoms with van der Waals surface area (Å²) in [7, 11) is 0. The third kappa shape index (κ3) is 3.29. The van der Waals surface area contributed by atoms with Crippen LogP contribution in [0.15, 0.2) is 24.5 Å². The van der Waals surface area contributed by atoms with Gasteiger partial charge in [0.15, 0.2) is 29.1 Å². The van der Waals surface area contributed by atoms with Crippen molar-refractivity contribution in [3.63, 3.8) is 0 Å². The van der Waals surface area contributed by atoms with Gasteiger partial charge in [0.1, 0.15) is 23.5 Å². The summed E-state index contributed by atoms with van der Waals surface area (Å²) in [5, 5.41) is 22.7. The molecular formula is C15H10ClF3N4O4. The Morgan fingerprint density at radius 3 is 2.48 bits per heavy atom. The maximum atomic E-state index is 14.1. The molecule has 0 saturated carbocycles. The molecule has 0 aliphatic rings. The van der Waals surface area contributed by atoms with Gasteiger partial charge in [-0.25, -0.2) is 22.7 Å². The molecule has 0 fully saturated rings. The van der Waals surface area contributed by atoms with E-state index in [1.807, 2.05) is 0 Å². The van der Waals surface area contributed by atoms with Crippen LogP contribution in [0.2, 0.25) is 0 Å². The lowest BCUT2D eigenvalue weighted by Crippen LogP contribution is -2.38. The molecule has 0 bridgehead atoms. The molecule has 8 nitrogen and oxygen atoms in total. The van der Waals surface area contributed by atoms with Crippen LogP contribution in [0.25, 0.3) is 16.9 Å². The number of nitrogens with zero attached hydrogens (tertiary/aromatic N) is 3. The number of carboxylic acids is 1. The van der Waals surface area contributed by atoms with Crippen LogP contribution in [-0.2, 0) is 4.79 Å². The number of aliphatic carboxylic acids is 1. The summed E-state index contributed by atoms with van der Waals surface area (Å²) in [4.78, 5) is 26.8. The summed E-state index contributed by atoms with van der Waals surface area (Å²) >= 11 is 0. The molecule has 3 aromatic rings. The second-order valence-corrected chi connectivity index (χ2v) is 5.21. The molecule has 3 rings (SSSR count). The van der Waals surface area contributed by atoms with Crippen molar-refractivity contribution in [1.82, 2.24) is 14.6 Å². The smallest absolute Gasteiger partial charge is 0.328 e. The van der Waals surface area contributed by atoms with Crippen molar-refractivity contribution in [1.29, 1.82) is 0 Å². The summed E-state index contributed by atoms with van der Waals surface area (Å²) < 4.78 is 41.9. The summed E-state index contributed by atoms with van der Waals surface area (Å²) in [5.41, 5.74) is 3.43. The zero-order valence-electron chi connectivity index (χ0n) is 13.1. The molecule has 142 valence electrons. The Balaban J connectivity index is 0.00000261. The maximum absolute atomic E-state index is 14.1.